The SMILES string of the molecule is O=C(Nc1ccc(-n2ccnc2)nc1)[C@@H]1C[C@@H]1c1ccccc1C(F)(F)F. The molecular weight excluding hydrogens is 357 g/mol. The van der Waals surface area contributed by atoms with Crippen molar-refractivity contribution < 1.29 is 18.0 Å². The smallest absolute Gasteiger partial charge is 0.324 e. The van der Waals surface area contributed by atoms with Gasteiger partial charge in [-0.05, 0) is 36.1 Å². The molecule has 3 aromatic rings. The fourth-order valence-electron chi connectivity index (χ4n) is 3.15. The van der Waals surface area contributed by atoms with Crippen LogP contribution in [0.25, 0.3) is 5.82 Å². The van der Waals surface area contributed by atoms with Crippen molar-refractivity contribution in [2.45, 2.75) is 18.5 Å². The van der Waals surface area contributed by atoms with E-state index >= 15 is 0 Å². The lowest BCUT2D eigenvalue weighted by molar-refractivity contribution is -0.138. The predicted octanol–water partition coefficient (Wildman–Crippen LogP) is 4.03. The molecule has 5 nitrogen and oxygen atoms in total. The number of aromatic nitrogens is 3. The molecule has 0 saturated heterocycles. The molecule has 1 aromatic carbocycles. The number of carbonyl (C=O) groups excluding carboxylic acids is 1. The molecule has 1 aliphatic carbocycles. The number of hydrogen-bond acceptors (Lipinski definition) is 3. The molecule has 0 aliphatic heterocycles. The van der Waals surface area contributed by atoms with Crippen LogP contribution in [0.1, 0.15) is 23.5 Å². The number of nitrogens with zero attached hydrogens (tertiary/aromatic N) is 3. The highest BCUT2D eigenvalue weighted by atomic mass is 19.4. The van der Waals surface area contributed by atoms with Gasteiger partial charge in [-0.15, -0.1) is 0 Å². The molecule has 2 heterocycles. The molecule has 0 spiro atoms. The van der Waals surface area contributed by atoms with E-state index in [1.807, 2.05) is 0 Å². The Kier molecular flexibility index (Phi) is 4.18. The lowest BCUT2D eigenvalue weighted by atomic mass is 10.0. The van der Waals surface area contributed by atoms with Crippen molar-refractivity contribution in [2.24, 2.45) is 5.92 Å². The summed E-state index contributed by atoms with van der Waals surface area (Å²) in [6.07, 6.45) is 2.46. The van der Waals surface area contributed by atoms with Crippen LogP contribution in [0, 0.1) is 5.92 Å². The number of rotatable bonds is 4. The highest BCUT2D eigenvalue weighted by molar-refractivity contribution is 5.95. The van der Waals surface area contributed by atoms with E-state index in [4.69, 9.17) is 0 Å². The molecule has 2 aromatic heterocycles. The highest BCUT2D eigenvalue weighted by Crippen LogP contribution is 2.51. The highest BCUT2D eigenvalue weighted by Gasteiger charge is 2.47. The van der Waals surface area contributed by atoms with E-state index in [1.54, 1.807) is 41.5 Å². The van der Waals surface area contributed by atoms with Gasteiger partial charge in [0.2, 0.25) is 5.91 Å². The first-order valence-electron chi connectivity index (χ1n) is 8.35. The minimum atomic E-state index is -4.42. The predicted molar refractivity (Wildman–Crippen MR) is 92.3 cm³/mol. The summed E-state index contributed by atoms with van der Waals surface area (Å²) in [6, 6.07) is 8.85. The van der Waals surface area contributed by atoms with Crippen LogP contribution >= 0.6 is 0 Å². The van der Waals surface area contributed by atoms with Crippen molar-refractivity contribution in [3.8, 4) is 5.82 Å². The fourth-order valence-corrected chi connectivity index (χ4v) is 3.15. The van der Waals surface area contributed by atoms with Crippen molar-refractivity contribution >= 4 is 11.6 Å². The van der Waals surface area contributed by atoms with Gasteiger partial charge in [0.05, 0.1) is 17.4 Å². The van der Waals surface area contributed by atoms with Crippen LogP contribution in [-0.4, -0.2) is 20.4 Å². The number of pyridine rings is 1. The van der Waals surface area contributed by atoms with Crippen molar-refractivity contribution in [3.63, 3.8) is 0 Å². The van der Waals surface area contributed by atoms with Gasteiger partial charge in [0, 0.05) is 18.3 Å². The number of halogens is 3. The third kappa shape index (κ3) is 3.55. The van der Waals surface area contributed by atoms with Crippen molar-refractivity contribution in [1.82, 2.24) is 14.5 Å². The van der Waals surface area contributed by atoms with Crippen LogP contribution in [-0.2, 0) is 11.0 Å². The van der Waals surface area contributed by atoms with E-state index in [0.29, 0.717) is 17.9 Å². The van der Waals surface area contributed by atoms with Gasteiger partial charge >= 0.3 is 6.18 Å². The molecule has 0 radical (unpaired) electrons. The first-order valence-corrected chi connectivity index (χ1v) is 8.35. The summed E-state index contributed by atoms with van der Waals surface area (Å²) < 4.78 is 41.2. The van der Waals surface area contributed by atoms with E-state index < -0.39 is 23.6 Å². The van der Waals surface area contributed by atoms with Gasteiger partial charge in [0.25, 0.3) is 0 Å². The van der Waals surface area contributed by atoms with Gasteiger partial charge in [-0.25, -0.2) is 9.97 Å². The number of imidazole rings is 1. The normalized spacial score (nSPS) is 18.9. The summed E-state index contributed by atoms with van der Waals surface area (Å²) in [4.78, 5) is 20.6. The quantitative estimate of drug-likeness (QED) is 0.752. The molecule has 1 aliphatic rings. The molecule has 2 atom stereocenters. The Morgan fingerprint density at radius 1 is 1.19 bits per heavy atom. The maximum Gasteiger partial charge on any atom is 0.416 e. The zero-order chi connectivity index (χ0) is 19.0. The van der Waals surface area contributed by atoms with Crippen LogP contribution in [0.2, 0.25) is 0 Å². The van der Waals surface area contributed by atoms with Crippen LogP contribution in [0.3, 0.4) is 0 Å². The summed E-state index contributed by atoms with van der Waals surface area (Å²) in [6.45, 7) is 0. The molecule has 138 valence electrons. The minimum Gasteiger partial charge on any atom is -0.324 e. The summed E-state index contributed by atoms with van der Waals surface area (Å²) in [5, 5.41) is 2.73. The first kappa shape index (κ1) is 17.3. The number of alkyl halides is 3. The Bertz CT molecular complexity index is 952. The average Bonchev–Trinajstić information content (AvgIpc) is 3.27. The first-order chi connectivity index (χ1) is 12.9. The number of amides is 1. The molecular formula is C19H15F3N4O. The van der Waals surface area contributed by atoms with Gasteiger partial charge < -0.3 is 5.32 Å². The molecule has 0 unspecified atom stereocenters. The summed E-state index contributed by atoms with van der Waals surface area (Å²) in [5.41, 5.74) is 0.00834. The minimum absolute atomic E-state index is 0.179. The van der Waals surface area contributed by atoms with Crippen LogP contribution in [0.5, 0.6) is 0 Å². The number of anilines is 1. The molecule has 1 fully saturated rings. The van der Waals surface area contributed by atoms with E-state index in [0.717, 1.165) is 6.07 Å². The Labute approximate surface area is 152 Å². The molecule has 4 rings (SSSR count). The van der Waals surface area contributed by atoms with E-state index in [9.17, 15) is 18.0 Å². The van der Waals surface area contributed by atoms with Gasteiger partial charge in [-0.3, -0.25) is 9.36 Å². The lowest BCUT2D eigenvalue weighted by Crippen LogP contribution is -2.16. The summed E-state index contributed by atoms with van der Waals surface area (Å²) in [5.74, 6) is -0.536. The molecule has 8 heteroatoms. The molecule has 1 N–H and O–H groups in total. The fraction of sp³-hybridized carbons (Fsp3) is 0.211. The third-order valence-electron chi connectivity index (χ3n) is 4.58. The summed E-state index contributed by atoms with van der Waals surface area (Å²) in [7, 11) is 0. The largest absolute Gasteiger partial charge is 0.416 e. The number of carbonyl (C=O) groups is 1. The van der Waals surface area contributed by atoms with Gasteiger partial charge in [-0.1, -0.05) is 18.2 Å². The zero-order valence-corrected chi connectivity index (χ0v) is 14.0. The average molecular weight is 372 g/mol. The molecule has 1 saturated carbocycles. The lowest BCUT2D eigenvalue weighted by Gasteiger charge is -2.12. The number of hydrogen-bond donors (Lipinski definition) is 1. The maximum atomic E-state index is 13.2. The van der Waals surface area contributed by atoms with Crippen LogP contribution in [0.4, 0.5) is 18.9 Å². The van der Waals surface area contributed by atoms with Gasteiger partial charge in [0.15, 0.2) is 0 Å². The monoisotopic (exact) mass is 372 g/mol. The van der Waals surface area contributed by atoms with Crippen molar-refractivity contribution in [3.05, 3.63) is 72.4 Å². The second kappa shape index (κ2) is 6.53. The van der Waals surface area contributed by atoms with Crippen LogP contribution in [0.15, 0.2) is 61.3 Å². The molecule has 0 bridgehead atoms. The Balaban J connectivity index is 1.44. The topological polar surface area (TPSA) is 59.8 Å². The Morgan fingerprint density at radius 2 is 2.00 bits per heavy atom. The Morgan fingerprint density at radius 3 is 2.67 bits per heavy atom. The molecule has 27 heavy (non-hydrogen) atoms. The van der Waals surface area contributed by atoms with Gasteiger partial charge in [-0.2, -0.15) is 13.2 Å². The van der Waals surface area contributed by atoms with E-state index in [1.165, 1.54) is 18.3 Å². The number of benzene rings is 1. The zero-order valence-electron chi connectivity index (χ0n) is 14.0. The van der Waals surface area contributed by atoms with Gasteiger partial charge in [0.1, 0.15) is 12.1 Å². The van der Waals surface area contributed by atoms with E-state index in [2.05, 4.69) is 15.3 Å². The maximum absolute atomic E-state index is 13.2. The third-order valence-corrected chi connectivity index (χ3v) is 4.58. The summed E-state index contributed by atoms with van der Waals surface area (Å²) >= 11 is 0. The molecule has 1 amide bonds. The van der Waals surface area contributed by atoms with E-state index in [-0.39, 0.29) is 11.5 Å². The van der Waals surface area contributed by atoms with Crippen LogP contribution < -0.4 is 5.32 Å². The second-order valence-electron chi connectivity index (χ2n) is 6.40. The van der Waals surface area contributed by atoms with Crippen molar-refractivity contribution in [2.75, 3.05) is 5.32 Å². The Hall–Kier alpha value is -3.16. The standard InChI is InChI=1S/C19H15F3N4O/c20-19(21,22)16-4-2-1-3-13(16)14-9-15(14)18(27)25-12-5-6-17(24-10-12)26-8-7-23-11-26/h1-8,10-11,14-15H,9H2,(H,25,27)/t14-,15-/m1/s1. The second-order valence-corrected chi connectivity index (χ2v) is 6.40. The van der Waals surface area contributed by atoms with Crippen molar-refractivity contribution in [1.29, 1.82) is 0 Å². The number of nitrogens with one attached hydrogen (secondary N) is 1.